The lowest BCUT2D eigenvalue weighted by molar-refractivity contribution is -0.139. The Balaban J connectivity index is 1.37. The van der Waals surface area contributed by atoms with Crippen LogP contribution in [0.2, 0.25) is 0 Å². The molecule has 10 heteroatoms. The monoisotopic (exact) mass is 571 g/mol. The summed E-state index contributed by atoms with van der Waals surface area (Å²) in [6, 6.07) is 18.1. The van der Waals surface area contributed by atoms with Gasteiger partial charge in [0.05, 0.1) is 25.5 Å². The minimum Gasteiger partial charge on any atom is -0.493 e. The molecule has 3 aromatic rings. The number of carbonyl (C=O) groups is 1. The van der Waals surface area contributed by atoms with Gasteiger partial charge in [0.15, 0.2) is 17.3 Å². The van der Waals surface area contributed by atoms with Crippen molar-refractivity contribution in [3.8, 4) is 11.5 Å². The van der Waals surface area contributed by atoms with Crippen molar-refractivity contribution in [2.45, 2.75) is 55.9 Å². The Morgan fingerprint density at radius 3 is 2.46 bits per heavy atom. The number of halogens is 4. The van der Waals surface area contributed by atoms with E-state index in [2.05, 4.69) is 33.7 Å². The van der Waals surface area contributed by atoms with Gasteiger partial charge in [-0.1, -0.05) is 42.5 Å². The molecule has 41 heavy (non-hydrogen) atoms. The van der Waals surface area contributed by atoms with Gasteiger partial charge in [-0.2, -0.15) is 13.2 Å². The number of rotatable bonds is 7. The zero-order chi connectivity index (χ0) is 29.2. The molecule has 0 spiro atoms. The fourth-order valence-corrected chi connectivity index (χ4v) is 6.46. The highest BCUT2D eigenvalue weighted by Gasteiger charge is 2.51. The number of hydrogen-bond donors (Lipinski definition) is 2. The Labute approximate surface area is 236 Å². The van der Waals surface area contributed by atoms with Crippen LogP contribution < -0.4 is 20.1 Å². The third-order valence-corrected chi connectivity index (χ3v) is 8.44. The van der Waals surface area contributed by atoms with E-state index in [0.29, 0.717) is 30.4 Å². The topological polar surface area (TPSA) is 62.8 Å². The smallest absolute Gasteiger partial charge is 0.419 e. The molecule has 2 amide bonds. The summed E-state index contributed by atoms with van der Waals surface area (Å²) in [5.41, 5.74) is 0.207. The van der Waals surface area contributed by atoms with E-state index in [9.17, 15) is 22.4 Å². The Kier molecular flexibility index (Phi) is 8.13. The van der Waals surface area contributed by atoms with Crippen molar-refractivity contribution in [1.82, 2.24) is 10.2 Å². The summed E-state index contributed by atoms with van der Waals surface area (Å²) >= 11 is 0. The first-order chi connectivity index (χ1) is 19.6. The maximum atomic E-state index is 14.5. The molecule has 5 rings (SSSR count). The van der Waals surface area contributed by atoms with Crippen LogP contribution in [0.5, 0.6) is 11.5 Å². The molecule has 0 bridgehead atoms. The van der Waals surface area contributed by atoms with Crippen molar-refractivity contribution >= 4 is 11.7 Å². The quantitative estimate of drug-likeness (QED) is 0.308. The molecule has 1 saturated carbocycles. The minimum atomic E-state index is -4.86. The molecule has 2 fully saturated rings. The van der Waals surface area contributed by atoms with Crippen molar-refractivity contribution in [3.63, 3.8) is 0 Å². The summed E-state index contributed by atoms with van der Waals surface area (Å²) in [6.07, 6.45) is -1.88. The normalized spacial score (nSPS) is 22.6. The van der Waals surface area contributed by atoms with Crippen molar-refractivity contribution in [1.29, 1.82) is 0 Å². The van der Waals surface area contributed by atoms with Crippen LogP contribution in [-0.4, -0.2) is 43.8 Å². The Bertz CT molecular complexity index is 1380. The van der Waals surface area contributed by atoms with Gasteiger partial charge in [0.2, 0.25) is 0 Å². The lowest BCUT2D eigenvalue weighted by Gasteiger charge is -2.45. The van der Waals surface area contributed by atoms with Crippen molar-refractivity contribution in [3.05, 3.63) is 89.2 Å². The zero-order valence-corrected chi connectivity index (χ0v) is 22.9. The third-order valence-electron chi connectivity index (χ3n) is 8.44. The second-order valence-corrected chi connectivity index (χ2v) is 10.7. The van der Waals surface area contributed by atoms with Gasteiger partial charge >= 0.3 is 12.2 Å². The van der Waals surface area contributed by atoms with Crippen LogP contribution in [0.1, 0.15) is 42.4 Å². The number of benzene rings is 3. The van der Waals surface area contributed by atoms with Crippen LogP contribution >= 0.6 is 0 Å². The average Bonchev–Trinajstić information content (AvgIpc) is 3.32. The van der Waals surface area contributed by atoms with Crippen LogP contribution in [-0.2, 0) is 18.1 Å². The number of nitrogens with one attached hydrogen (secondary N) is 2. The first kappa shape index (κ1) is 28.7. The number of alkyl halides is 3. The maximum absolute atomic E-state index is 14.5. The zero-order valence-electron chi connectivity index (χ0n) is 22.9. The van der Waals surface area contributed by atoms with Gasteiger partial charge in [0.1, 0.15) is 0 Å². The minimum absolute atomic E-state index is 0.0742. The molecule has 1 aliphatic heterocycles. The number of likely N-dealkylation sites (tertiary alicyclic amines) is 1. The first-order valence-corrected chi connectivity index (χ1v) is 13.6. The molecule has 0 aromatic heterocycles. The van der Waals surface area contributed by atoms with Crippen LogP contribution in [0.3, 0.4) is 0 Å². The summed E-state index contributed by atoms with van der Waals surface area (Å²) < 4.78 is 65.0. The SMILES string of the molecule is COc1ccc(C23CCC(NC(=O)Nc4cccc(C(F)(F)F)c4F)CC2N(Cc2ccccc2)CC3)cc1OC. The molecule has 2 N–H and O–H groups in total. The molecule has 3 atom stereocenters. The number of carbonyl (C=O) groups excluding carboxylic acids is 1. The molecule has 6 nitrogen and oxygen atoms in total. The fraction of sp³-hybridized carbons (Fsp3) is 0.387. The largest absolute Gasteiger partial charge is 0.493 e. The van der Waals surface area contributed by atoms with Gasteiger partial charge in [-0.05, 0) is 67.6 Å². The van der Waals surface area contributed by atoms with Crippen molar-refractivity contribution < 1.29 is 31.8 Å². The highest BCUT2D eigenvalue weighted by molar-refractivity contribution is 5.89. The van der Waals surface area contributed by atoms with E-state index in [-0.39, 0.29) is 17.5 Å². The highest BCUT2D eigenvalue weighted by atomic mass is 19.4. The highest BCUT2D eigenvalue weighted by Crippen LogP contribution is 2.50. The van der Waals surface area contributed by atoms with E-state index in [0.717, 1.165) is 43.6 Å². The lowest BCUT2D eigenvalue weighted by Crippen LogP contribution is -2.52. The number of amides is 2. The fourth-order valence-electron chi connectivity index (χ4n) is 6.46. The van der Waals surface area contributed by atoms with Crippen LogP contribution in [0.25, 0.3) is 0 Å². The van der Waals surface area contributed by atoms with E-state index in [1.165, 1.54) is 5.56 Å². The van der Waals surface area contributed by atoms with E-state index in [1.807, 2.05) is 30.3 Å². The van der Waals surface area contributed by atoms with E-state index in [4.69, 9.17) is 9.47 Å². The average molecular weight is 572 g/mol. The third kappa shape index (κ3) is 5.84. The second kappa shape index (κ2) is 11.6. The molecular weight excluding hydrogens is 538 g/mol. The van der Waals surface area contributed by atoms with Gasteiger partial charge in [-0.25, -0.2) is 9.18 Å². The van der Waals surface area contributed by atoms with Crippen LogP contribution in [0.4, 0.5) is 28.0 Å². The Morgan fingerprint density at radius 1 is 1.00 bits per heavy atom. The Morgan fingerprint density at radius 2 is 1.76 bits per heavy atom. The molecule has 1 aliphatic carbocycles. The first-order valence-electron chi connectivity index (χ1n) is 13.6. The second-order valence-electron chi connectivity index (χ2n) is 10.7. The molecule has 0 radical (unpaired) electrons. The predicted octanol–water partition coefficient (Wildman–Crippen LogP) is 6.75. The molecule has 3 aromatic carbocycles. The molecule has 3 unspecified atom stereocenters. The molecule has 1 heterocycles. The van der Waals surface area contributed by atoms with E-state index < -0.39 is 29.3 Å². The number of ether oxygens (including phenoxy) is 2. The number of urea groups is 1. The number of hydrogen-bond acceptors (Lipinski definition) is 4. The molecule has 1 saturated heterocycles. The summed E-state index contributed by atoms with van der Waals surface area (Å²) in [6.45, 7) is 1.61. The molecule has 2 aliphatic rings. The summed E-state index contributed by atoms with van der Waals surface area (Å²) in [5, 5.41) is 5.17. The van der Waals surface area contributed by atoms with Crippen molar-refractivity contribution in [2.75, 3.05) is 26.1 Å². The van der Waals surface area contributed by atoms with Gasteiger partial charge in [0, 0.05) is 24.0 Å². The standard InChI is InChI=1S/C31H33F4N3O3/c1-40-25-12-11-21(17-26(25)41-2)30-14-13-22(18-27(30)38(16-15-30)19-20-7-4-3-5-8-20)36-29(39)37-24-10-6-9-23(28(24)32)31(33,34)35/h3-12,17,22,27H,13-16,18-19H2,1-2H3,(H2,36,37,39). The Hall–Kier alpha value is -3.79. The maximum Gasteiger partial charge on any atom is 0.419 e. The summed E-state index contributed by atoms with van der Waals surface area (Å²) in [5.74, 6) is -0.198. The van der Waals surface area contributed by atoms with Crippen LogP contribution in [0, 0.1) is 5.82 Å². The molecular formula is C31H33F4N3O3. The number of nitrogens with zero attached hydrogens (tertiary/aromatic N) is 1. The summed E-state index contributed by atoms with van der Waals surface area (Å²) in [4.78, 5) is 15.3. The van der Waals surface area contributed by atoms with Gasteiger partial charge < -0.3 is 20.1 Å². The van der Waals surface area contributed by atoms with Gasteiger partial charge in [-0.15, -0.1) is 0 Å². The number of anilines is 1. The van der Waals surface area contributed by atoms with Crippen molar-refractivity contribution in [2.24, 2.45) is 0 Å². The number of fused-ring (bicyclic) bond motifs is 1. The lowest BCUT2D eigenvalue weighted by atomic mass is 9.65. The van der Waals surface area contributed by atoms with Crippen LogP contribution in [0.15, 0.2) is 66.7 Å². The van der Waals surface area contributed by atoms with E-state index in [1.54, 1.807) is 14.2 Å². The number of methoxy groups -OCH3 is 2. The molecule has 218 valence electrons. The summed E-state index contributed by atoms with van der Waals surface area (Å²) in [7, 11) is 3.21. The van der Waals surface area contributed by atoms with E-state index >= 15 is 0 Å². The van der Waals surface area contributed by atoms with Gasteiger partial charge in [0.25, 0.3) is 0 Å². The predicted molar refractivity (Wildman–Crippen MR) is 148 cm³/mol. The van der Waals surface area contributed by atoms with Gasteiger partial charge in [-0.3, -0.25) is 4.90 Å².